The Hall–Kier alpha value is -2.16. The predicted molar refractivity (Wildman–Crippen MR) is 96.7 cm³/mol. The third kappa shape index (κ3) is 3.15. The molecule has 1 aromatic rings. The lowest BCUT2D eigenvalue weighted by molar-refractivity contribution is 0.136. The number of benzene rings is 1. The highest BCUT2D eigenvalue weighted by atomic mass is 32.2. The number of rotatable bonds is 4. The van der Waals surface area contributed by atoms with Crippen LogP contribution in [0.25, 0.3) is 0 Å². The number of ether oxygens (including phenoxy) is 1. The topological polar surface area (TPSA) is 82.1 Å². The van der Waals surface area contributed by atoms with E-state index in [1.165, 1.54) is 11.0 Å². The van der Waals surface area contributed by atoms with E-state index in [0.717, 1.165) is 24.3 Å². The van der Waals surface area contributed by atoms with Crippen molar-refractivity contribution in [3.8, 4) is 0 Å². The Morgan fingerprint density at radius 3 is 2.73 bits per heavy atom. The van der Waals surface area contributed by atoms with Crippen LogP contribution in [0.15, 0.2) is 18.2 Å². The molecule has 26 heavy (non-hydrogen) atoms. The van der Waals surface area contributed by atoms with Gasteiger partial charge < -0.3 is 20.1 Å². The maximum Gasteiger partial charge on any atom is 0.414 e. The third-order valence-corrected chi connectivity index (χ3v) is 6.36. The van der Waals surface area contributed by atoms with Crippen molar-refractivity contribution in [1.29, 1.82) is 0 Å². The number of nitrogens with one attached hydrogen (secondary N) is 1. The fourth-order valence-corrected chi connectivity index (χ4v) is 5.27. The first-order chi connectivity index (χ1) is 12.5. The van der Waals surface area contributed by atoms with E-state index in [1.807, 2.05) is 11.8 Å². The van der Waals surface area contributed by atoms with Crippen LogP contribution in [0, 0.1) is 5.82 Å². The van der Waals surface area contributed by atoms with Crippen molar-refractivity contribution in [3.05, 3.63) is 24.0 Å². The van der Waals surface area contributed by atoms with Gasteiger partial charge in [0.05, 0.1) is 24.5 Å². The van der Waals surface area contributed by atoms with Gasteiger partial charge in [0.1, 0.15) is 11.9 Å². The number of carboxylic acid groups (broad SMARTS) is 1. The van der Waals surface area contributed by atoms with Crippen LogP contribution in [0.5, 0.6) is 0 Å². The summed E-state index contributed by atoms with van der Waals surface area (Å²) in [7, 11) is 0. The van der Waals surface area contributed by atoms with Crippen LogP contribution in [-0.2, 0) is 4.74 Å². The van der Waals surface area contributed by atoms with Crippen molar-refractivity contribution < 1.29 is 23.8 Å². The van der Waals surface area contributed by atoms with Gasteiger partial charge in [-0.05, 0) is 31.0 Å². The highest BCUT2D eigenvalue weighted by Crippen LogP contribution is 2.40. The molecule has 0 unspecified atom stereocenters. The molecular weight excluding hydrogens is 361 g/mol. The molecule has 3 aliphatic rings. The number of carbonyl (C=O) groups excluding carboxylic acids is 1. The molecule has 3 fully saturated rings. The van der Waals surface area contributed by atoms with Crippen LogP contribution in [0.4, 0.5) is 25.4 Å². The summed E-state index contributed by atoms with van der Waals surface area (Å²) >= 11 is 1.93. The lowest BCUT2D eigenvalue weighted by atomic mass is 10.2. The molecule has 2 N–H and O–H groups in total. The molecule has 0 spiro atoms. The number of anilines is 2. The Bertz CT molecular complexity index is 718. The smallest absolute Gasteiger partial charge is 0.414 e. The number of cyclic esters (lactones) is 1. The molecule has 4 rings (SSSR count). The van der Waals surface area contributed by atoms with Crippen LogP contribution < -0.4 is 15.1 Å². The summed E-state index contributed by atoms with van der Waals surface area (Å²) in [5, 5.41) is 10.8. The Balaban J connectivity index is 1.49. The molecule has 2 amide bonds. The van der Waals surface area contributed by atoms with Crippen molar-refractivity contribution in [2.24, 2.45) is 0 Å². The van der Waals surface area contributed by atoms with Crippen LogP contribution in [-0.4, -0.2) is 60.1 Å². The molecule has 0 radical (unpaired) electrons. The summed E-state index contributed by atoms with van der Waals surface area (Å²) in [5.41, 5.74) is 1.02. The van der Waals surface area contributed by atoms with E-state index < -0.39 is 18.3 Å². The number of thioether (sulfide) groups is 1. The van der Waals surface area contributed by atoms with E-state index in [9.17, 15) is 14.0 Å². The van der Waals surface area contributed by atoms with Gasteiger partial charge in [-0.3, -0.25) is 4.90 Å². The second kappa shape index (κ2) is 6.86. The normalized spacial score (nSPS) is 27.6. The van der Waals surface area contributed by atoms with Crippen LogP contribution >= 0.6 is 11.8 Å². The highest BCUT2D eigenvalue weighted by Gasteiger charge is 2.39. The van der Waals surface area contributed by atoms with Crippen molar-refractivity contribution in [2.45, 2.75) is 31.0 Å². The standard InChI is InChI=1S/C17H20FN3O4S/c18-14-5-10(20-7-13(25-17(20)24)6-19-16(22)23)3-4-15(14)21-11-1-2-12(21)9-26-8-11/h3-5,11-13,19H,1-2,6-9H2,(H,22,23)/t11-,12+,13-/m0/s1. The largest absolute Gasteiger partial charge is 0.465 e. The van der Waals surface area contributed by atoms with E-state index in [4.69, 9.17) is 9.84 Å². The number of carbonyl (C=O) groups is 2. The van der Waals surface area contributed by atoms with Gasteiger partial charge in [0.2, 0.25) is 0 Å². The molecule has 3 atom stereocenters. The number of amides is 2. The van der Waals surface area contributed by atoms with Gasteiger partial charge in [0.15, 0.2) is 0 Å². The van der Waals surface area contributed by atoms with E-state index in [2.05, 4.69) is 10.2 Å². The summed E-state index contributed by atoms with van der Waals surface area (Å²) in [6.07, 6.45) is -0.171. The quantitative estimate of drug-likeness (QED) is 0.834. The fourth-order valence-electron chi connectivity index (χ4n) is 3.93. The first-order valence-corrected chi connectivity index (χ1v) is 9.79. The summed E-state index contributed by atoms with van der Waals surface area (Å²) in [6, 6.07) is 5.59. The average Bonchev–Trinajstić information content (AvgIpc) is 3.09. The molecule has 9 heteroatoms. The van der Waals surface area contributed by atoms with E-state index in [0.29, 0.717) is 23.5 Å². The van der Waals surface area contributed by atoms with E-state index in [1.54, 1.807) is 12.1 Å². The first kappa shape index (κ1) is 17.3. The molecule has 0 aromatic heterocycles. The van der Waals surface area contributed by atoms with Crippen molar-refractivity contribution >= 4 is 35.3 Å². The molecule has 140 valence electrons. The summed E-state index contributed by atoms with van der Waals surface area (Å²) in [5.74, 6) is 1.70. The number of hydrogen-bond acceptors (Lipinski definition) is 5. The maximum atomic E-state index is 14.8. The third-order valence-electron chi connectivity index (χ3n) is 5.12. The Morgan fingerprint density at radius 1 is 1.35 bits per heavy atom. The molecule has 3 aliphatic heterocycles. The van der Waals surface area contributed by atoms with Crippen LogP contribution in [0.1, 0.15) is 12.8 Å². The Morgan fingerprint density at radius 2 is 2.08 bits per heavy atom. The molecule has 0 aliphatic carbocycles. The molecular formula is C17H20FN3O4S. The van der Waals surface area contributed by atoms with E-state index in [-0.39, 0.29) is 18.9 Å². The maximum absolute atomic E-state index is 14.8. The van der Waals surface area contributed by atoms with Crippen LogP contribution in [0.3, 0.4) is 0 Å². The zero-order valence-corrected chi connectivity index (χ0v) is 14.9. The minimum atomic E-state index is -1.18. The lowest BCUT2D eigenvalue weighted by Gasteiger charge is -2.36. The first-order valence-electron chi connectivity index (χ1n) is 8.63. The second-order valence-electron chi connectivity index (χ2n) is 6.77. The zero-order chi connectivity index (χ0) is 18.3. The SMILES string of the molecule is O=C(O)NC[C@H]1CN(c2ccc(N3[C@@H]4CC[C@H]3CSC4)c(F)c2)C(=O)O1. The van der Waals surface area contributed by atoms with Crippen molar-refractivity contribution in [1.82, 2.24) is 5.32 Å². The van der Waals surface area contributed by atoms with Gasteiger partial charge in [0.25, 0.3) is 0 Å². The summed E-state index contributed by atoms with van der Waals surface area (Å²) in [4.78, 5) is 26.1. The average molecular weight is 381 g/mol. The van der Waals surface area contributed by atoms with Gasteiger partial charge in [0, 0.05) is 23.6 Å². The number of hydrogen-bond donors (Lipinski definition) is 2. The lowest BCUT2D eigenvalue weighted by Crippen LogP contribution is -2.43. The van der Waals surface area contributed by atoms with Gasteiger partial charge in [-0.25, -0.2) is 14.0 Å². The molecule has 0 saturated carbocycles. The summed E-state index contributed by atoms with van der Waals surface area (Å²) in [6.45, 7) is 0.191. The Kier molecular flexibility index (Phi) is 4.56. The molecule has 2 bridgehead atoms. The van der Waals surface area contributed by atoms with Gasteiger partial charge >= 0.3 is 12.2 Å². The fraction of sp³-hybridized carbons (Fsp3) is 0.529. The van der Waals surface area contributed by atoms with Crippen molar-refractivity contribution in [3.63, 3.8) is 0 Å². The van der Waals surface area contributed by atoms with Crippen LogP contribution in [0.2, 0.25) is 0 Å². The monoisotopic (exact) mass is 381 g/mol. The number of halogens is 1. The minimum absolute atomic E-state index is 0.00689. The zero-order valence-electron chi connectivity index (χ0n) is 14.1. The van der Waals surface area contributed by atoms with E-state index >= 15 is 0 Å². The molecule has 7 nitrogen and oxygen atoms in total. The summed E-state index contributed by atoms with van der Waals surface area (Å²) < 4.78 is 20.0. The van der Waals surface area contributed by atoms with Crippen molar-refractivity contribution in [2.75, 3.05) is 34.4 Å². The van der Waals surface area contributed by atoms with Gasteiger partial charge in [-0.15, -0.1) is 0 Å². The molecule has 3 saturated heterocycles. The molecule has 3 heterocycles. The number of fused-ring (bicyclic) bond motifs is 2. The highest BCUT2D eigenvalue weighted by molar-refractivity contribution is 7.99. The number of nitrogens with zero attached hydrogens (tertiary/aromatic N) is 2. The Labute approximate surface area is 154 Å². The van der Waals surface area contributed by atoms with Gasteiger partial charge in [-0.1, -0.05) is 0 Å². The van der Waals surface area contributed by atoms with Gasteiger partial charge in [-0.2, -0.15) is 11.8 Å². The second-order valence-corrected chi connectivity index (χ2v) is 7.84. The predicted octanol–water partition coefficient (Wildman–Crippen LogP) is 2.50. The minimum Gasteiger partial charge on any atom is -0.465 e. The molecule has 1 aromatic carbocycles.